The molecule has 0 spiro atoms. The molecule has 0 saturated heterocycles. The lowest BCUT2D eigenvalue weighted by Crippen LogP contribution is -2.34. The molecular weight excluding hydrogens is 264 g/mol. The fourth-order valence-corrected chi connectivity index (χ4v) is 3.09. The van der Waals surface area contributed by atoms with Crippen LogP contribution in [0.2, 0.25) is 0 Å². The summed E-state index contributed by atoms with van der Waals surface area (Å²) in [5, 5.41) is 0.631. The number of aromatic nitrogens is 1. The number of rotatable bonds is 4. The van der Waals surface area contributed by atoms with E-state index in [4.69, 9.17) is 0 Å². The predicted molar refractivity (Wildman–Crippen MR) is 71.2 cm³/mol. The van der Waals surface area contributed by atoms with Gasteiger partial charge in [-0.2, -0.15) is 0 Å². The second-order valence-corrected chi connectivity index (χ2v) is 6.27. The molecule has 6 heteroatoms. The maximum Gasteiger partial charge on any atom is 0.349 e. The van der Waals surface area contributed by atoms with Crippen LogP contribution in [0.1, 0.15) is 35.9 Å². The lowest BCUT2D eigenvalue weighted by atomic mass is 10.3. The molecule has 2 fully saturated rings. The van der Waals surface area contributed by atoms with Crippen LogP contribution in [0, 0.1) is 11.8 Å². The normalized spacial score (nSPS) is 24.9. The third-order valence-corrected chi connectivity index (χ3v) is 4.64. The van der Waals surface area contributed by atoms with Crippen molar-refractivity contribution in [3.8, 4) is 0 Å². The first-order valence-corrected chi connectivity index (χ1v) is 7.30. The molecule has 1 amide bonds. The van der Waals surface area contributed by atoms with Gasteiger partial charge in [-0.05, 0) is 25.2 Å². The summed E-state index contributed by atoms with van der Waals surface area (Å²) in [5.41, 5.74) is 0. The monoisotopic (exact) mass is 280 g/mol. The molecule has 1 aromatic rings. The highest BCUT2D eigenvalue weighted by molar-refractivity contribution is 7.17. The van der Waals surface area contributed by atoms with Crippen LogP contribution < -0.4 is 4.90 Å². The van der Waals surface area contributed by atoms with Crippen molar-refractivity contribution in [1.29, 1.82) is 0 Å². The fraction of sp³-hybridized carbons (Fsp3) is 0.615. The van der Waals surface area contributed by atoms with Crippen molar-refractivity contribution >= 4 is 28.3 Å². The zero-order chi connectivity index (χ0) is 13.6. The van der Waals surface area contributed by atoms with Crippen molar-refractivity contribution in [3.05, 3.63) is 11.1 Å². The van der Waals surface area contributed by atoms with Gasteiger partial charge in [0.25, 0.3) is 0 Å². The zero-order valence-electron chi connectivity index (χ0n) is 11.0. The number of esters is 1. The van der Waals surface area contributed by atoms with Crippen molar-refractivity contribution in [3.63, 3.8) is 0 Å². The number of carbonyl (C=O) groups excluding carboxylic acids is 2. The Morgan fingerprint density at radius 2 is 2.16 bits per heavy atom. The molecule has 0 bridgehead atoms. The minimum absolute atomic E-state index is 0.145. The Balaban J connectivity index is 1.82. The minimum atomic E-state index is -0.397. The van der Waals surface area contributed by atoms with E-state index in [0.717, 1.165) is 19.3 Å². The van der Waals surface area contributed by atoms with Crippen molar-refractivity contribution in [2.24, 2.45) is 11.8 Å². The maximum absolute atomic E-state index is 12.4. The Bertz CT molecular complexity index is 524. The van der Waals surface area contributed by atoms with Crippen LogP contribution in [-0.2, 0) is 9.53 Å². The highest BCUT2D eigenvalue weighted by Crippen LogP contribution is 2.43. The van der Waals surface area contributed by atoms with Gasteiger partial charge in [0, 0.05) is 12.0 Å². The molecule has 1 heterocycles. The molecule has 0 unspecified atom stereocenters. The van der Waals surface area contributed by atoms with E-state index < -0.39 is 5.97 Å². The lowest BCUT2D eigenvalue weighted by Gasteiger charge is -2.19. The Hall–Kier alpha value is -1.43. The molecule has 0 radical (unpaired) electrons. The number of thiazole rings is 1. The van der Waals surface area contributed by atoms with Crippen LogP contribution in [-0.4, -0.2) is 30.0 Å². The first kappa shape index (κ1) is 12.6. The minimum Gasteiger partial charge on any atom is -0.465 e. The van der Waals surface area contributed by atoms with Gasteiger partial charge in [-0.3, -0.25) is 9.69 Å². The first-order chi connectivity index (χ1) is 9.11. The standard InChI is InChI=1S/C13H16N2O3S/c1-7-5-9(7)11(16)15(8-3-4-8)13-14-6-10(19-13)12(17)18-2/h6-9H,3-5H2,1-2H3/t7-,9+/m1/s1. The molecule has 102 valence electrons. The summed E-state index contributed by atoms with van der Waals surface area (Å²) in [4.78, 5) is 30.3. The summed E-state index contributed by atoms with van der Waals surface area (Å²) in [6, 6.07) is 0.275. The summed E-state index contributed by atoms with van der Waals surface area (Å²) in [5.74, 6) is 0.396. The van der Waals surface area contributed by atoms with Crippen LogP contribution >= 0.6 is 11.3 Å². The molecule has 5 nitrogen and oxygen atoms in total. The number of amides is 1. The average molecular weight is 280 g/mol. The molecule has 3 rings (SSSR count). The molecule has 19 heavy (non-hydrogen) atoms. The van der Waals surface area contributed by atoms with Crippen LogP contribution in [0.15, 0.2) is 6.20 Å². The Morgan fingerprint density at radius 3 is 2.68 bits per heavy atom. The second-order valence-electron chi connectivity index (χ2n) is 5.26. The third kappa shape index (κ3) is 2.36. The Labute approximate surface area is 115 Å². The fourth-order valence-electron chi connectivity index (χ4n) is 2.18. The number of anilines is 1. The highest BCUT2D eigenvalue weighted by Gasteiger charge is 2.46. The van der Waals surface area contributed by atoms with E-state index >= 15 is 0 Å². The van der Waals surface area contributed by atoms with Gasteiger partial charge in [0.15, 0.2) is 5.13 Å². The Morgan fingerprint density at radius 1 is 1.47 bits per heavy atom. The summed E-state index contributed by atoms with van der Waals surface area (Å²) in [6.07, 6.45) is 4.52. The van der Waals surface area contributed by atoms with Crippen LogP contribution in [0.3, 0.4) is 0 Å². The molecule has 0 N–H and O–H groups in total. The van der Waals surface area contributed by atoms with Gasteiger partial charge in [-0.25, -0.2) is 9.78 Å². The highest BCUT2D eigenvalue weighted by atomic mass is 32.1. The van der Waals surface area contributed by atoms with Gasteiger partial charge in [0.05, 0.1) is 13.3 Å². The SMILES string of the molecule is COC(=O)c1cnc(N(C(=O)[C@H]2C[C@H]2C)C2CC2)s1. The maximum atomic E-state index is 12.4. The summed E-state index contributed by atoms with van der Waals surface area (Å²) >= 11 is 1.24. The molecule has 0 aliphatic heterocycles. The van der Waals surface area contributed by atoms with E-state index in [1.54, 1.807) is 4.90 Å². The molecule has 2 atom stereocenters. The summed E-state index contributed by atoms with van der Waals surface area (Å²) < 4.78 is 4.67. The molecule has 2 saturated carbocycles. The van der Waals surface area contributed by atoms with Crippen LogP contribution in [0.25, 0.3) is 0 Å². The quantitative estimate of drug-likeness (QED) is 0.792. The number of nitrogens with zero attached hydrogens (tertiary/aromatic N) is 2. The van der Waals surface area contributed by atoms with E-state index in [2.05, 4.69) is 16.6 Å². The van der Waals surface area contributed by atoms with Crippen LogP contribution in [0.5, 0.6) is 0 Å². The number of methoxy groups -OCH3 is 1. The predicted octanol–water partition coefficient (Wildman–Crippen LogP) is 2.08. The molecule has 2 aliphatic carbocycles. The number of carbonyl (C=O) groups is 2. The van der Waals surface area contributed by atoms with E-state index in [-0.39, 0.29) is 17.9 Å². The van der Waals surface area contributed by atoms with E-state index in [0.29, 0.717) is 15.9 Å². The molecule has 1 aromatic heterocycles. The smallest absolute Gasteiger partial charge is 0.349 e. The van der Waals surface area contributed by atoms with Crippen LogP contribution in [0.4, 0.5) is 5.13 Å². The Kier molecular flexibility index (Phi) is 3.05. The van der Waals surface area contributed by atoms with E-state index in [9.17, 15) is 9.59 Å². The zero-order valence-corrected chi connectivity index (χ0v) is 11.8. The summed E-state index contributed by atoms with van der Waals surface area (Å²) in [6.45, 7) is 2.09. The first-order valence-electron chi connectivity index (χ1n) is 6.49. The van der Waals surface area contributed by atoms with Gasteiger partial charge in [0.1, 0.15) is 4.88 Å². The van der Waals surface area contributed by atoms with Gasteiger partial charge >= 0.3 is 5.97 Å². The van der Waals surface area contributed by atoms with Crippen molar-refractivity contribution < 1.29 is 14.3 Å². The molecular formula is C13H16N2O3S. The number of hydrogen-bond donors (Lipinski definition) is 0. The van der Waals surface area contributed by atoms with Gasteiger partial charge in [-0.1, -0.05) is 18.3 Å². The van der Waals surface area contributed by atoms with Gasteiger partial charge < -0.3 is 4.74 Å². The summed E-state index contributed by atoms with van der Waals surface area (Å²) in [7, 11) is 1.34. The van der Waals surface area contributed by atoms with Crippen molar-refractivity contribution in [2.45, 2.75) is 32.2 Å². The topological polar surface area (TPSA) is 59.5 Å². The van der Waals surface area contributed by atoms with E-state index in [1.165, 1.54) is 24.6 Å². The molecule has 2 aliphatic rings. The largest absolute Gasteiger partial charge is 0.465 e. The lowest BCUT2D eigenvalue weighted by molar-refractivity contribution is -0.120. The molecule has 0 aromatic carbocycles. The van der Waals surface area contributed by atoms with Gasteiger partial charge in [0.2, 0.25) is 5.91 Å². The van der Waals surface area contributed by atoms with Crippen molar-refractivity contribution in [1.82, 2.24) is 4.98 Å². The number of ether oxygens (including phenoxy) is 1. The average Bonchev–Trinajstić information content (AvgIpc) is 3.30. The second kappa shape index (κ2) is 4.59. The van der Waals surface area contributed by atoms with Crippen molar-refractivity contribution in [2.75, 3.05) is 12.0 Å². The number of hydrogen-bond acceptors (Lipinski definition) is 5. The van der Waals surface area contributed by atoms with E-state index in [1.807, 2.05) is 0 Å². The van der Waals surface area contributed by atoms with Gasteiger partial charge in [-0.15, -0.1) is 0 Å². The third-order valence-electron chi connectivity index (χ3n) is 3.66.